The van der Waals surface area contributed by atoms with Crippen molar-refractivity contribution in [2.45, 2.75) is 38.8 Å². The number of nitrogen functional groups attached to an aromatic ring is 1. The zero-order valence-corrected chi connectivity index (χ0v) is 11.3. The van der Waals surface area contributed by atoms with E-state index in [-0.39, 0.29) is 0 Å². The van der Waals surface area contributed by atoms with Crippen LogP contribution in [0.3, 0.4) is 0 Å². The summed E-state index contributed by atoms with van der Waals surface area (Å²) in [6.07, 6.45) is 2.65. The summed E-state index contributed by atoms with van der Waals surface area (Å²) in [7, 11) is 0. The lowest BCUT2D eigenvalue weighted by Crippen LogP contribution is -2.55. The minimum absolute atomic E-state index is 0.496. The number of nitrogens with zero attached hydrogens (tertiary/aromatic N) is 3. The van der Waals surface area contributed by atoms with E-state index in [4.69, 9.17) is 5.73 Å². The molecule has 98 valence electrons. The van der Waals surface area contributed by atoms with Crippen LogP contribution < -0.4 is 10.6 Å². The molecule has 2 aliphatic heterocycles. The average molecular weight is 246 g/mol. The summed E-state index contributed by atoms with van der Waals surface area (Å²) in [4.78, 5) is 9.66. The fourth-order valence-corrected chi connectivity index (χ4v) is 3.27. The second-order valence-corrected chi connectivity index (χ2v) is 5.66. The van der Waals surface area contributed by atoms with Gasteiger partial charge in [-0.1, -0.05) is 0 Å². The van der Waals surface area contributed by atoms with Crippen molar-refractivity contribution in [2.24, 2.45) is 0 Å². The van der Waals surface area contributed by atoms with Crippen molar-refractivity contribution in [2.75, 3.05) is 30.3 Å². The standard InChI is InChI=1S/C14H22N4/c1-10-5-6-13(15)14(16-10)18-9-12-4-3-7-17(12)8-11(18)2/h5-6,11-12H,3-4,7-9,15H2,1-2H3. The van der Waals surface area contributed by atoms with Crippen molar-refractivity contribution in [3.8, 4) is 0 Å². The van der Waals surface area contributed by atoms with Gasteiger partial charge in [0.15, 0.2) is 5.82 Å². The minimum atomic E-state index is 0.496. The Labute approximate surface area is 109 Å². The molecule has 2 aliphatic rings. The number of piperazine rings is 1. The van der Waals surface area contributed by atoms with Crippen molar-refractivity contribution < 1.29 is 0 Å². The number of fused-ring (bicyclic) bond motifs is 1. The third-order valence-electron chi connectivity index (χ3n) is 4.25. The molecule has 0 aromatic carbocycles. The van der Waals surface area contributed by atoms with Crippen LogP contribution in [-0.4, -0.2) is 41.6 Å². The van der Waals surface area contributed by atoms with E-state index in [2.05, 4.69) is 21.7 Å². The Hall–Kier alpha value is -1.29. The molecule has 2 unspecified atom stereocenters. The van der Waals surface area contributed by atoms with E-state index in [1.165, 1.54) is 19.4 Å². The molecule has 2 saturated heterocycles. The van der Waals surface area contributed by atoms with E-state index in [1.54, 1.807) is 0 Å². The molecule has 0 saturated carbocycles. The van der Waals surface area contributed by atoms with Gasteiger partial charge in [-0.15, -0.1) is 0 Å². The molecule has 0 aliphatic carbocycles. The molecule has 0 spiro atoms. The molecule has 0 bridgehead atoms. The molecular weight excluding hydrogens is 224 g/mol. The summed E-state index contributed by atoms with van der Waals surface area (Å²) in [6.45, 7) is 7.78. The molecular formula is C14H22N4. The Kier molecular flexibility index (Phi) is 2.90. The Morgan fingerprint density at radius 3 is 3.00 bits per heavy atom. The predicted octanol–water partition coefficient (Wildman–Crippen LogP) is 1.65. The van der Waals surface area contributed by atoms with Crippen LogP contribution in [0, 0.1) is 6.92 Å². The lowest BCUT2D eigenvalue weighted by molar-refractivity contribution is 0.202. The number of aryl methyl sites for hydroxylation is 1. The van der Waals surface area contributed by atoms with Crippen molar-refractivity contribution in [3.05, 3.63) is 17.8 Å². The Balaban J connectivity index is 1.88. The van der Waals surface area contributed by atoms with Crippen molar-refractivity contribution in [3.63, 3.8) is 0 Å². The minimum Gasteiger partial charge on any atom is -0.396 e. The fourth-order valence-electron chi connectivity index (χ4n) is 3.27. The molecule has 0 radical (unpaired) electrons. The molecule has 4 nitrogen and oxygen atoms in total. The number of nitrogens with two attached hydrogens (primary N) is 1. The Bertz CT molecular complexity index is 445. The molecule has 2 atom stereocenters. The van der Waals surface area contributed by atoms with Crippen LogP contribution in [0.1, 0.15) is 25.5 Å². The Morgan fingerprint density at radius 1 is 1.33 bits per heavy atom. The summed E-state index contributed by atoms with van der Waals surface area (Å²) < 4.78 is 0. The van der Waals surface area contributed by atoms with E-state index in [9.17, 15) is 0 Å². The number of rotatable bonds is 1. The smallest absolute Gasteiger partial charge is 0.152 e. The van der Waals surface area contributed by atoms with Crippen molar-refractivity contribution in [1.82, 2.24) is 9.88 Å². The molecule has 2 fully saturated rings. The molecule has 0 amide bonds. The van der Waals surface area contributed by atoms with Gasteiger partial charge in [-0.3, -0.25) is 4.90 Å². The first-order valence-electron chi connectivity index (χ1n) is 6.89. The van der Waals surface area contributed by atoms with Gasteiger partial charge >= 0.3 is 0 Å². The molecule has 18 heavy (non-hydrogen) atoms. The molecule has 3 rings (SSSR count). The topological polar surface area (TPSA) is 45.4 Å². The van der Waals surface area contributed by atoms with Crippen LogP contribution >= 0.6 is 0 Å². The third kappa shape index (κ3) is 1.94. The summed E-state index contributed by atoms with van der Waals surface area (Å²) in [5, 5.41) is 0. The monoisotopic (exact) mass is 246 g/mol. The third-order valence-corrected chi connectivity index (χ3v) is 4.25. The summed E-state index contributed by atoms with van der Waals surface area (Å²) in [5.41, 5.74) is 7.95. The van der Waals surface area contributed by atoms with Gasteiger partial charge in [0.2, 0.25) is 0 Å². The average Bonchev–Trinajstić information content (AvgIpc) is 2.78. The first-order valence-corrected chi connectivity index (χ1v) is 6.89. The van der Waals surface area contributed by atoms with Gasteiger partial charge in [0.05, 0.1) is 5.69 Å². The zero-order chi connectivity index (χ0) is 12.7. The SMILES string of the molecule is Cc1ccc(N)c(N2CC3CCCN3CC2C)n1. The van der Waals surface area contributed by atoms with Crippen LogP contribution in [0.15, 0.2) is 12.1 Å². The van der Waals surface area contributed by atoms with Gasteiger partial charge in [-0.2, -0.15) is 0 Å². The van der Waals surface area contributed by atoms with Gasteiger partial charge in [0.25, 0.3) is 0 Å². The van der Waals surface area contributed by atoms with E-state index >= 15 is 0 Å². The molecule has 1 aromatic rings. The largest absolute Gasteiger partial charge is 0.396 e. The van der Waals surface area contributed by atoms with Crippen molar-refractivity contribution >= 4 is 11.5 Å². The summed E-state index contributed by atoms with van der Waals surface area (Å²) in [6, 6.07) is 5.15. The second-order valence-electron chi connectivity index (χ2n) is 5.66. The zero-order valence-electron chi connectivity index (χ0n) is 11.3. The van der Waals surface area contributed by atoms with Crippen molar-refractivity contribution in [1.29, 1.82) is 0 Å². The highest BCUT2D eigenvalue weighted by molar-refractivity contribution is 5.63. The van der Waals surface area contributed by atoms with Crippen LogP contribution in [-0.2, 0) is 0 Å². The first-order chi connectivity index (χ1) is 8.65. The van der Waals surface area contributed by atoms with E-state index in [1.807, 2.05) is 19.1 Å². The maximum Gasteiger partial charge on any atom is 0.152 e. The van der Waals surface area contributed by atoms with Crippen LogP contribution in [0.2, 0.25) is 0 Å². The summed E-state index contributed by atoms with van der Waals surface area (Å²) in [5.74, 6) is 0.981. The highest BCUT2D eigenvalue weighted by atomic mass is 15.3. The van der Waals surface area contributed by atoms with Crippen LogP contribution in [0.5, 0.6) is 0 Å². The highest BCUT2D eigenvalue weighted by Gasteiger charge is 2.35. The number of hydrogen-bond donors (Lipinski definition) is 1. The van der Waals surface area contributed by atoms with Crippen LogP contribution in [0.25, 0.3) is 0 Å². The van der Waals surface area contributed by atoms with Crippen LogP contribution in [0.4, 0.5) is 11.5 Å². The van der Waals surface area contributed by atoms with Gasteiger partial charge < -0.3 is 10.6 Å². The number of hydrogen-bond acceptors (Lipinski definition) is 4. The Morgan fingerprint density at radius 2 is 2.17 bits per heavy atom. The maximum atomic E-state index is 6.10. The quantitative estimate of drug-likeness (QED) is 0.818. The predicted molar refractivity (Wildman–Crippen MR) is 74.8 cm³/mol. The van der Waals surface area contributed by atoms with E-state index in [0.717, 1.165) is 30.3 Å². The highest BCUT2D eigenvalue weighted by Crippen LogP contribution is 2.30. The second kappa shape index (κ2) is 4.43. The number of aromatic nitrogens is 1. The van der Waals surface area contributed by atoms with Gasteiger partial charge in [-0.05, 0) is 45.4 Å². The van der Waals surface area contributed by atoms with Gasteiger partial charge in [-0.25, -0.2) is 4.98 Å². The molecule has 1 aromatic heterocycles. The van der Waals surface area contributed by atoms with Gasteiger partial charge in [0.1, 0.15) is 0 Å². The summed E-state index contributed by atoms with van der Waals surface area (Å²) >= 11 is 0. The lowest BCUT2D eigenvalue weighted by Gasteiger charge is -2.43. The van der Waals surface area contributed by atoms with Gasteiger partial charge in [0, 0.05) is 30.9 Å². The number of anilines is 2. The van der Waals surface area contributed by atoms with E-state index in [0.29, 0.717) is 12.1 Å². The molecule has 3 heterocycles. The number of pyridine rings is 1. The van der Waals surface area contributed by atoms with E-state index < -0.39 is 0 Å². The first kappa shape index (κ1) is 11.8. The lowest BCUT2D eigenvalue weighted by atomic mass is 10.1. The maximum absolute atomic E-state index is 6.10. The molecule has 2 N–H and O–H groups in total. The molecule has 4 heteroatoms. The normalized spacial score (nSPS) is 28.4. The fraction of sp³-hybridized carbons (Fsp3) is 0.643.